The molecule has 80 valence electrons. The molecule has 0 bridgehead atoms. The maximum Gasteiger partial charge on any atom is 0.244 e. The van der Waals surface area contributed by atoms with Crippen LogP contribution >= 0.6 is 23.2 Å². The maximum absolute atomic E-state index is 11.6. The summed E-state index contributed by atoms with van der Waals surface area (Å²) >= 11 is 11.8. The van der Waals surface area contributed by atoms with Crippen LogP contribution in [0.25, 0.3) is 0 Å². The average Bonchev–Trinajstić information content (AvgIpc) is 2.91. The van der Waals surface area contributed by atoms with Gasteiger partial charge < -0.3 is 11.1 Å². The van der Waals surface area contributed by atoms with Crippen molar-refractivity contribution in [1.29, 1.82) is 0 Å². The SMILES string of the molecule is NC1(C(=O)Nc2c(Cl)cccc2Cl)CC1. The highest BCUT2D eigenvalue weighted by molar-refractivity contribution is 6.39. The van der Waals surface area contributed by atoms with E-state index >= 15 is 0 Å². The zero-order valence-electron chi connectivity index (χ0n) is 7.89. The number of nitrogens with one attached hydrogen (secondary N) is 1. The van der Waals surface area contributed by atoms with Crippen LogP contribution in [-0.4, -0.2) is 11.4 Å². The topological polar surface area (TPSA) is 55.1 Å². The van der Waals surface area contributed by atoms with E-state index in [1.54, 1.807) is 18.2 Å². The molecule has 1 aliphatic rings. The molecule has 3 nitrogen and oxygen atoms in total. The lowest BCUT2D eigenvalue weighted by Gasteiger charge is -2.12. The number of anilines is 1. The largest absolute Gasteiger partial charge is 0.322 e. The van der Waals surface area contributed by atoms with Gasteiger partial charge in [0.05, 0.1) is 21.3 Å². The summed E-state index contributed by atoms with van der Waals surface area (Å²) < 4.78 is 0. The van der Waals surface area contributed by atoms with Gasteiger partial charge in [0.25, 0.3) is 0 Å². The molecule has 2 rings (SSSR count). The van der Waals surface area contributed by atoms with Crippen LogP contribution in [0.15, 0.2) is 18.2 Å². The maximum atomic E-state index is 11.6. The van der Waals surface area contributed by atoms with E-state index in [1.807, 2.05) is 0 Å². The first-order valence-electron chi connectivity index (χ1n) is 4.57. The molecule has 3 N–H and O–H groups in total. The molecule has 0 aromatic heterocycles. The quantitative estimate of drug-likeness (QED) is 0.840. The van der Waals surface area contributed by atoms with Crippen molar-refractivity contribution in [2.45, 2.75) is 18.4 Å². The lowest BCUT2D eigenvalue weighted by atomic mass is 10.2. The van der Waals surface area contributed by atoms with Crippen molar-refractivity contribution in [3.63, 3.8) is 0 Å². The first-order valence-corrected chi connectivity index (χ1v) is 5.33. The molecule has 1 fully saturated rings. The van der Waals surface area contributed by atoms with Crippen molar-refractivity contribution in [3.05, 3.63) is 28.2 Å². The van der Waals surface area contributed by atoms with Gasteiger partial charge in [-0.2, -0.15) is 0 Å². The molecule has 0 spiro atoms. The van der Waals surface area contributed by atoms with E-state index in [-0.39, 0.29) is 5.91 Å². The predicted octanol–water partition coefficient (Wildman–Crippen LogP) is 2.42. The molecule has 5 heteroatoms. The van der Waals surface area contributed by atoms with E-state index < -0.39 is 5.54 Å². The number of benzene rings is 1. The highest BCUT2D eigenvalue weighted by Crippen LogP contribution is 2.36. The number of para-hydroxylation sites is 1. The molecule has 0 aliphatic heterocycles. The lowest BCUT2D eigenvalue weighted by Crippen LogP contribution is -2.37. The van der Waals surface area contributed by atoms with E-state index in [2.05, 4.69) is 5.32 Å². The number of carbonyl (C=O) groups is 1. The van der Waals surface area contributed by atoms with Gasteiger partial charge in [-0.25, -0.2) is 0 Å². The Balaban J connectivity index is 2.20. The normalized spacial score (nSPS) is 17.3. The van der Waals surface area contributed by atoms with Gasteiger partial charge in [0.2, 0.25) is 5.91 Å². The molecular weight excluding hydrogens is 235 g/mol. The third-order valence-corrected chi connectivity index (χ3v) is 3.07. The molecule has 1 amide bonds. The number of carbonyl (C=O) groups excluding carboxylic acids is 1. The second kappa shape index (κ2) is 3.67. The molecule has 0 saturated heterocycles. The summed E-state index contributed by atoms with van der Waals surface area (Å²) in [5.74, 6) is -0.225. The fourth-order valence-electron chi connectivity index (χ4n) is 1.22. The number of rotatable bonds is 2. The third-order valence-electron chi connectivity index (χ3n) is 2.44. The molecule has 0 heterocycles. The summed E-state index contributed by atoms with van der Waals surface area (Å²) in [7, 11) is 0. The minimum atomic E-state index is -0.720. The lowest BCUT2D eigenvalue weighted by molar-refractivity contribution is -0.118. The highest BCUT2D eigenvalue weighted by Gasteiger charge is 2.46. The van der Waals surface area contributed by atoms with Gasteiger partial charge in [-0.05, 0) is 25.0 Å². The Bertz CT molecular complexity index is 396. The summed E-state index contributed by atoms with van der Waals surface area (Å²) in [6, 6.07) is 5.05. The van der Waals surface area contributed by atoms with Gasteiger partial charge in [-0.15, -0.1) is 0 Å². The molecule has 0 radical (unpaired) electrons. The minimum absolute atomic E-state index is 0.225. The van der Waals surface area contributed by atoms with Crippen LogP contribution in [0.5, 0.6) is 0 Å². The molecule has 1 aromatic rings. The van der Waals surface area contributed by atoms with E-state index in [4.69, 9.17) is 28.9 Å². The van der Waals surface area contributed by atoms with E-state index in [9.17, 15) is 4.79 Å². The monoisotopic (exact) mass is 244 g/mol. The molecule has 0 atom stereocenters. The summed E-state index contributed by atoms with van der Waals surface area (Å²) in [4.78, 5) is 11.6. The van der Waals surface area contributed by atoms with Gasteiger partial charge in [0, 0.05) is 0 Å². The van der Waals surface area contributed by atoms with Crippen molar-refractivity contribution >= 4 is 34.8 Å². The van der Waals surface area contributed by atoms with Crippen molar-refractivity contribution in [2.75, 3.05) is 5.32 Å². The Hall–Kier alpha value is -0.770. The Morgan fingerprint density at radius 3 is 2.33 bits per heavy atom. The number of halogens is 2. The van der Waals surface area contributed by atoms with Crippen LogP contribution in [0, 0.1) is 0 Å². The van der Waals surface area contributed by atoms with Crippen molar-refractivity contribution in [1.82, 2.24) is 0 Å². The Labute approximate surface area is 97.5 Å². The number of amides is 1. The zero-order valence-corrected chi connectivity index (χ0v) is 9.40. The molecule has 15 heavy (non-hydrogen) atoms. The minimum Gasteiger partial charge on any atom is -0.322 e. The summed E-state index contributed by atoms with van der Waals surface area (Å²) in [6.07, 6.45) is 1.42. The Morgan fingerprint density at radius 2 is 1.87 bits per heavy atom. The predicted molar refractivity (Wildman–Crippen MR) is 61.2 cm³/mol. The molecule has 1 saturated carbocycles. The summed E-state index contributed by atoms with van der Waals surface area (Å²) in [6.45, 7) is 0. The van der Waals surface area contributed by atoms with Crippen molar-refractivity contribution in [3.8, 4) is 0 Å². The van der Waals surface area contributed by atoms with Crippen molar-refractivity contribution in [2.24, 2.45) is 5.73 Å². The fourth-order valence-corrected chi connectivity index (χ4v) is 1.71. The third kappa shape index (κ3) is 2.09. The first kappa shape index (κ1) is 10.7. The van der Waals surface area contributed by atoms with Crippen LogP contribution < -0.4 is 11.1 Å². The Morgan fingerprint density at radius 1 is 1.33 bits per heavy atom. The van der Waals surface area contributed by atoms with Crippen LogP contribution in [0.2, 0.25) is 10.0 Å². The van der Waals surface area contributed by atoms with Crippen LogP contribution in [0.4, 0.5) is 5.69 Å². The Kier molecular flexibility index (Phi) is 2.63. The van der Waals surface area contributed by atoms with Crippen molar-refractivity contribution < 1.29 is 4.79 Å². The van der Waals surface area contributed by atoms with Gasteiger partial charge in [-0.3, -0.25) is 4.79 Å². The number of nitrogens with two attached hydrogens (primary N) is 1. The molecular formula is C10H10Cl2N2O. The smallest absolute Gasteiger partial charge is 0.244 e. The van der Waals surface area contributed by atoms with Gasteiger partial charge in [0.15, 0.2) is 0 Å². The molecule has 0 unspecified atom stereocenters. The second-order valence-electron chi connectivity index (χ2n) is 3.71. The number of hydrogen-bond acceptors (Lipinski definition) is 2. The zero-order chi connectivity index (χ0) is 11.1. The van der Waals surface area contributed by atoms with Crippen LogP contribution in [0.1, 0.15) is 12.8 Å². The van der Waals surface area contributed by atoms with E-state index in [0.717, 1.165) is 0 Å². The van der Waals surface area contributed by atoms with E-state index in [0.29, 0.717) is 28.6 Å². The summed E-state index contributed by atoms with van der Waals surface area (Å²) in [5.41, 5.74) is 5.45. The highest BCUT2D eigenvalue weighted by atomic mass is 35.5. The first-order chi connectivity index (χ1) is 7.03. The standard InChI is InChI=1S/C10H10Cl2N2O/c11-6-2-1-3-7(12)8(6)14-9(15)10(13)4-5-10/h1-3H,4-5,13H2,(H,14,15). The molecule has 1 aliphatic carbocycles. The van der Waals surface area contributed by atoms with Gasteiger partial charge >= 0.3 is 0 Å². The summed E-state index contributed by atoms with van der Waals surface area (Å²) in [5, 5.41) is 3.49. The second-order valence-corrected chi connectivity index (χ2v) is 4.52. The van der Waals surface area contributed by atoms with Gasteiger partial charge in [-0.1, -0.05) is 29.3 Å². The van der Waals surface area contributed by atoms with Crippen LogP contribution in [-0.2, 0) is 4.79 Å². The number of hydrogen-bond donors (Lipinski definition) is 2. The average molecular weight is 245 g/mol. The van der Waals surface area contributed by atoms with E-state index in [1.165, 1.54) is 0 Å². The van der Waals surface area contributed by atoms with Gasteiger partial charge in [0.1, 0.15) is 0 Å². The fraction of sp³-hybridized carbons (Fsp3) is 0.300. The molecule has 1 aromatic carbocycles. The van der Waals surface area contributed by atoms with Crippen LogP contribution in [0.3, 0.4) is 0 Å².